The number of nitrogens with one attached hydrogen (secondary N) is 3. The van der Waals surface area contributed by atoms with E-state index in [1.807, 2.05) is 37.5 Å². The van der Waals surface area contributed by atoms with Gasteiger partial charge in [0.05, 0.1) is 29.0 Å². The van der Waals surface area contributed by atoms with Crippen molar-refractivity contribution >= 4 is 17.1 Å². The maximum atomic E-state index is 12.7. The molecule has 3 aromatic rings. The molecular weight excluding hydrogens is 304 g/mol. The first-order chi connectivity index (χ1) is 11.7. The highest BCUT2D eigenvalue weighted by molar-refractivity contribution is 6.00. The topological polar surface area (TPSA) is 87.1 Å². The van der Waals surface area contributed by atoms with Crippen LogP contribution >= 0.6 is 0 Å². The van der Waals surface area contributed by atoms with Gasteiger partial charge in [0.25, 0.3) is 0 Å². The molecule has 4 rings (SSSR count). The Labute approximate surface area is 139 Å². The van der Waals surface area contributed by atoms with Crippen LogP contribution in [0.25, 0.3) is 5.52 Å². The lowest BCUT2D eigenvalue weighted by Gasteiger charge is -2.15. The normalized spacial score (nSPS) is 15.5. The zero-order chi connectivity index (χ0) is 16.6. The second-order valence-corrected chi connectivity index (χ2v) is 6.45. The van der Waals surface area contributed by atoms with E-state index < -0.39 is 0 Å². The molecule has 0 bridgehead atoms. The van der Waals surface area contributed by atoms with Crippen molar-refractivity contribution in [3.8, 4) is 0 Å². The zero-order valence-corrected chi connectivity index (χ0v) is 13.5. The molecule has 0 radical (unpaired) electrons. The molecule has 3 N–H and O–H groups in total. The summed E-state index contributed by atoms with van der Waals surface area (Å²) in [5.41, 5.74) is 3.55. The van der Waals surface area contributed by atoms with E-state index in [9.17, 15) is 4.79 Å². The number of fused-ring (bicyclic) bond motifs is 1. The van der Waals surface area contributed by atoms with Crippen LogP contribution in [0.5, 0.6) is 0 Å². The quantitative estimate of drug-likeness (QED) is 0.646. The van der Waals surface area contributed by atoms with Gasteiger partial charge in [-0.15, -0.1) is 0 Å². The second kappa shape index (κ2) is 5.76. The Morgan fingerprint density at radius 1 is 1.38 bits per heavy atom. The fourth-order valence-electron chi connectivity index (χ4n) is 2.91. The van der Waals surface area contributed by atoms with E-state index in [0.29, 0.717) is 13.1 Å². The van der Waals surface area contributed by atoms with Crippen LogP contribution in [0.4, 0.5) is 5.69 Å². The maximum absolute atomic E-state index is 12.7. The van der Waals surface area contributed by atoms with Gasteiger partial charge in [-0.2, -0.15) is 10.2 Å². The van der Waals surface area contributed by atoms with Gasteiger partial charge in [-0.05, 0) is 31.9 Å². The fourth-order valence-corrected chi connectivity index (χ4v) is 2.91. The van der Waals surface area contributed by atoms with Crippen molar-refractivity contribution in [3.05, 3.63) is 48.0 Å². The van der Waals surface area contributed by atoms with Gasteiger partial charge in [0.1, 0.15) is 0 Å². The van der Waals surface area contributed by atoms with E-state index >= 15 is 0 Å². The lowest BCUT2D eigenvalue weighted by molar-refractivity contribution is -0.121. The molecule has 1 fully saturated rings. The van der Waals surface area contributed by atoms with Crippen LogP contribution in [0, 0.1) is 12.3 Å². The van der Waals surface area contributed by atoms with Crippen LogP contribution < -0.4 is 10.6 Å². The molecule has 1 aliphatic rings. The Morgan fingerprint density at radius 2 is 2.25 bits per heavy atom. The summed E-state index contributed by atoms with van der Waals surface area (Å²) in [6.07, 6.45) is 7.21. The molecule has 0 aliphatic heterocycles. The van der Waals surface area contributed by atoms with Crippen LogP contribution in [-0.4, -0.2) is 32.3 Å². The van der Waals surface area contributed by atoms with Crippen molar-refractivity contribution in [1.82, 2.24) is 25.1 Å². The molecular formula is C17H20N6O. The van der Waals surface area contributed by atoms with Gasteiger partial charge in [-0.1, -0.05) is 6.07 Å². The first-order valence-electron chi connectivity index (χ1n) is 8.11. The number of carbonyl (C=O) groups is 1. The third-order valence-electron chi connectivity index (χ3n) is 4.72. The third kappa shape index (κ3) is 2.67. The maximum Gasteiger partial charge on any atom is 0.231 e. The summed E-state index contributed by atoms with van der Waals surface area (Å²) in [6.45, 7) is 3.38. The summed E-state index contributed by atoms with van der Waals surface area (Å²) in [5, 5.41) is 17.6. The summed E-state index contributed by atoms with van der Waals surface area (Å²) < 4.78 is 1.76. The van der Waals surface area contributed by atoms with E-state index in [2.05, 4.69) is 25.9 Å². The van der Waals surface area contributed by atoms with Crippen LogP contribution in [0.3, 0.4) is 0 Å². The summed E-state index contributed by atoms with van der Waals surface area (Å²) in [7, 11) is 0. The number of H-pyrrole nitrogens is 1. The highest BCUT2D eigenvalue weighted by atomic mass is 16.2. The van der Waals surface area contributed by atoms with Gasteiger partial charge in [0.2, 0.25) is 5.91 Å². The van der Waals surface area contributed by atoms with Crippen molar-refractivity contribution < 1.29 is 4.79 Å². The number of aromatic amines is 1. The molecule has 1 amide bonds. The molecule has 0 spiro atoms. The van der Waals surface area contributed by atoms with Crippen LogP contribution in [0.1, 0.15) is 24.1 Å². The molecule has 3 aromatic heterocycles. The highest BCUT2D eigenvalue weighted by Gasteiger charge is 2.49. The van der Waals surface area contributed by atoms with Gasteiger partial charge < -0.3 is 10.6 Å². The van der Waals surface area contributed by atoms with Gasteiger partial charge in [0, 0.05) is 30.5 Å². The van der Waals surface area contributed by atoms with E-state index in [1.54, 1.807) is 10.7 Å². The van der Waals surface area contributed by atoms with Gasteiger partial charge in [0.15, 0.2) is 0 Å². The Balaban J connectivity index is 1.39. The van der Waals surface area contributed by atoms with Crippen molar-refractivity contribution in [2.45, 2.75) is 26.3 Å². The monoisotopic (exact) mass is 324 g/mol. The number of anilines is 1. The lowest BCUT2D eigenvalue weighted by atomic mass is 10.1. The average molecular weight is 324 g/mol. The minimum atomic E-state index is -0.305. The number of hydrogen-bond donors (Lipinski definition) is 3. The smallest absolute Gasteiger partial charge is 0.231 e. The molecule has 7 heteroatoms. The van der Waals surface area contributed by atoms with E-state index in [0.717, 1.165) is 35.3 Å². The molecule has 3 heterocycles. The average Bonchev–Trinajstić information content (AvgIpc) is 3.12. The first kappa shape index (κ1) is 14.9. The predicted molar refractivity (Wildman–Crippen MR) is 90.5 cm³/mol. The number of aryl methyl sites for hydroxylation is 1. The van der Waals surface area contributed by atoms with Gasteiger partial charge in [-0.25, -0.2) is 4.52 Å². The molecule has 124 valence electrons. The van der Waals surface area contributed by atoms with Crippen LogP contribution in [0.2, 0.25) is 0 Å². The second-order valence-electron chi connectivity index (χ2n) is 6.45. The standard InChI is InChI=1S/C17H20N6O/c1-12-13(9-19-22-12)8-18-11-17(5-6-17)16(24)21-14-10-20-23-7-3-2-4-15(14)23/h2-4,7,9-10,18H,5-6,8,11H2,1H3,(H,19,22)(H,21,24). The van der Waals surface area contributed by atoms with E-state index in [1.165, 1.54) is 0 Å². The molecule has 0 aromatic carbocycles. The van der Waals surface area contributed by atoms with Gasteiger partial charge in [-0.3, -0.25) is 9.89 Å². The fraction of sp³-hybridized carbons (Fsp3) is 0.353. The van der Waals surface area contributed by atoms with Crippen LogP contribution in [-0.2, 0) is 11.3 Å². The zero-order valence-electron chi connectivity index (χ0n) is 13.5. The Morgan fingerprint density at radius 3 is 3.00 bits per heavy atom. The Kier molecular flexibility index (Phi) is 3.57. The summed E-state index contributed by atoms with van der Waals surface area (Å²) in [6, 6.07) is 5.80. The molecule has 1 saturated carbocycles. The summed E-state index contributed by atoms with van der Waals surface area (Å²) in [4.78, 5) is 12.7. The molecule has 1 aliphatic carbocycles. The molecule has 0 saturated heterocycles. The first-order valence-corrected chi connectivity index (χ1v) is 8.11. The lowest BCUT2D eigenvalue weighted by Crippen LogP contribution is -2.34. The number of pyridine rings is 1. The van der Waals surface area contributed by atoms with Crippen molar-refractivity contribution in [2.75, 3.05) is 11.9 Å². The number of amides is 1. The molecule has 0 atom stereocenters. The van der Waals surface area contributed by atoms with Crippen LogP contribution in [0.15, 0.2) is 36.8 Å². The number of hydrogen-bond acceptors (Lipinski definition) is 4. The number of carbonyl (C=O) groups excluding carboxylic acids is 1. The number of nitrogens with zero attached hydrogens (tertiary/aromatic N) is 3. The summed E-state index contributed by atoms with van der Waals surface area (Å²) in [5.74, 6) is 0.0673. The summed E-state index contributed by atoms with van der Waals surface area (Å²) >= 11 is 0. The third-order valence-corrected chi connectivity index (χ3v) is 4.72. The van der Waals surface area contributed by atoms with Crippen molar-refractivity contribution in [2.24, 2.45) is 5.41 Å². The predicted octanol–water partition coefficient (Wildman–Crippen LogP) is 1.87. The highest BCUT2D eigenvalue weighted by Crippen LogP contribution is 2.46. The minimum Gasteiger partial charge on any atom is -0.322 e. The van der Waals surface area contributed by atoms with E-state index in [-0.39, 0.29) is 11.3 Å². The largest absolute Gasteiger partial charge is 0.322 e. The van der Waals surface area contributed by atoms with Crippen molar-refractivity contribution in [1.29, 1.82) is 0 Å². The van der Waals surface area contributed by atoms with Gasteiger partial charge >= 0.3 is 0 Å². The molecule has 7 nitrogen and oxygen atoms in total. The number of aromatic nitrogens is 4. The minimum absolute atomic E-state index is 0.0673. The van der Waals surface area contributed by atoms with Crippen molar-refractivity contribution in [3.63, 3.8) is 0 Å². The number of rotatable bonds is 6. The molecule has 0 unspecified atom stereocenters. The molecule has 24 heavy (non-hydrogen) atoms. The van der Waals surface area contributed by atoms with E-state index in [4.69, 9.17) is 0 Å². The Bertz CT molecular complexity index is 876. The Hall–Kier alpha value is -2.67. The SMILES string of the molecule is Cc1[nH]ncc1CNCC1(C(=O)Nc2cnn3ccccc23)CC1.